The molecule has 0 spiro atoms. The third-order valence-electron chi connectivity index (χ3n) is 5.93. The Bertz CT molecular complexity index is 1350. The lowest BCUT2D eigenvalue weighted by atomic mass is 9.93. The number of carbonyl (C=O) groups excluding carboxylic acids is 1. The van der Waals surface area contributed by atoms with E-state index >= 15 is 0 Å². The second-order valence-corrected chi connectivity index (χ2v) is 8.18. The van der Waals surface area contributed by atoms with Crippen LogP contribution in [0.15, 0.2) is 84.9 Å². The number of rotatable bonds is 6. The first-order chi connectivity index (χ1) is 17.1. The van der Waals surface area contributed by atoms with Gasteiger partial charge in [0.05, 0.1) is 19.2 Å². The highest BCUT2D eigenvalue weighted by Crippen LogP contribution is 2.38. The maximum Gasteiger partial charge on any atom is 0.250 e. The smallest absolute Gasteiger partial charge is 0.250 e. The van der Waals surface area contributed by atoms with Crippen molar-refractivity contribution in [1.29, 1.82) is 0 Å². The van der Waals surface area contributed by atoms with E-state index in [9.17, 15) is 9.18 Å². The monoisotopic (exact) mass is 469 g/mol. The Kier molecular flexibility index (Phi) is 6.26. The number of carbonyl (C=O) groups is 1. The Labute approximate surface area is 202 Å². The van der Waals surface area contributed by atoms with Crippen LogP contribution < -0.4 is 15.4 Å². The lowest BCUT2D eigenvalue weighted by Crippen LogP contribution is -2.28. The van der Waals surface area contributed by atoms with Gasteiger partial charge in [-0.05, 0) is 41.8 Å². The summed E-state index contributed by atoms with van der Waals surface area (Å²) < 4.78 is 20.6. The fraction of sp³-hybridized carbons (Fsp3) is 0.148. The van der Waals surface area contributed by atoms with Crippen molar-refractivity contribution in [3.63, 3.8) is 0 Å². The number of aromatic nitrogens is 3. The van der Waals surface area contributed by atoms with E-state index in [0.29, 0.717) is 18.1 Å². The van der Waals surface area contributed by atoms with Gasteiger partial charge in [-0.2, -0.15) is 4.98 Å². The van der Waals surface area contributed by atoms with Crippen LogP contribution in [0, 0.1) is 5.82 Å². The number of nitrogens with one attached hydrogen (secondary N) is 2. The first-order valence-corrected chi connectivity index (χ1v) is 11.3. The topological polar surface area (TPSA) is 81.1 Å². The summed E-state index contributed by atoms with van der Waals surface area (Å²) in [6.45, 7) is 0. The minimum Gasteiger partial charge on any atom is -0.496 e. The lowest BCUT2D eigenvalue weighted by Gasteiger charge is -2.31. The maximum absolute atomic E-state index is 13.6. The maximum atomic E-state index is 13.6. The second kappa shape index (κ2) is 9.80. The van der Waals surface area contributed by atoms with Crippen molar-refractivity contribution in [2.45, 2.75) is 18.5 Å². The molecule has 1 aromatic heterocycles. The average molecular weight is 470 g/mol. The van der Waals surface area contributed by atoms with E-state index in [1.54, 1.807) is 30.0 Å². The van der Waals surface area contributed by atoms with E-state index in [2.05, 4.69) is 32.8 Å². The molecule has 0 unspecified atom stereocenters. The van der Waals surface area contributed by atoms with Gasteiger partial charge in [0.25, 0.3) is 11.9 Å². The third kappa shape index (κ3) is 4.91. The molecular weight excluding hydrogens is 445 g/mol. The van der Waals surface area contributed by atoms with Crippen molar-refractivity contribution in [3.8, 4) is 5.75 Å². The largest absolute Gasteiger partial charge is 0.496 e. The van der Waals surface area contributed by atoms with Gasteiger partial charge < -0.3 is 10.1 Å². The summed E-state index contributed by atoms with van der Waals surface area (Å²) in [5, 5.41) is 10.7. The Morgan fingerprint density at radius 3 is 2.57 bits per heavy atom. The number of para-hydroxylation sites is 1. The van der Waals surface area contributed by atoms with Gasteiger partial charge in [0, 0.05) is 11.6 Å². The molecule has 0 fully saturated rings. The molecule has 2 atom stereocenters. The fourth-order valence-electron chi connectivity index (χ4n) is 4.22. The van der Waals surface area contributed by atoms with Crippen LogP contribution in [0.4, 0.5) is 16.3 Å². The number of nitrogens with zero attached hydrogens (tertiary/aromatic N) is 3. The van der Waals surface area contributed by atoms with E-state index in [1.807, 2.05) is 42.5 Å². The van der Waals surface area contributed by atoms with Gasteiger partial charge in [-0.25, -0.2) is 9.07 Å². The molecular formula is C27H24FN5O2. The van der Waals surface area contributed by atoms with Gasteiger partial charge in [0.1, 0.15) is 11.6 Å². The number of anilines is 2. The molecule has 0 saturated heterocycles. The quantitative estimate of drug-likeness (QED) is 0.378. The fourth-order valence-corrected chi connectivity index (χ4v) is 4.22. The van der Waals surface area contributed by atoms with E-state index in [1.165, 1.54) is 18.2 Å². The van der Waals surface area contributed by atoms with E-state index in [0.717, 1.165) is 16.7 Å². The molecule has 7 nitrogen and oxygen atoms in total. The number of hydrogen-bond acceptors (Lipinski definition) is 5. The van der Waals surface area contributed by atoms with Crippen LogP contribution in [0.1, 0.15) is 35.2 Å². The molecule has 3 aromatic carbocycles. The third-order valence-corrected chi connectivity index (χ3v) is 5.93. The van der Waals surface area contributed by atoms with Crippen LogP contribution in [0.2, 0.25) is 0 Å². The van der Waals surface area contributed by atoms with Crippen molar-refractivity contribution >= 4 is 23.9 Å². The molecule has 2 N–H and O–H groups in total. The number of halogens is 1. The van der Waals surface area contributed by atoms with Gasteiger partial charge in [-0.3, -0.25) is 10.1 Å². The van der Waals surface area contributed by atoms with Gasteiger partial charge in [-0.1, -0.05) is 60.7 Å². The van der Waals surface area contributed by atoms with Gasteiger partial charge in [0.2, 0.25) is 5.95 Å². The molecule has 0 aliphatic carbocycles. The molecule has 0 saturated carbocycles. The molecule has 1 aliphatic heterocycles. The van der Waals surface area contributed by atoms with Crippen LogP contribution in [0.5, 0.6) is 5.75 Å². The molecule has 0 bridgehead atoms. The number of methoxy groups -OCH3 is 1. The highest BCUT2D eigenvalue weighted by Gasteiger charge is 2.31. The van der Waals surface area contributed by atoms with Gasteiger partial charge >= 0.3 is 0 Å². The van der Waals surface area contributed by atoms with Crippen LogP contribution in [0.3, 0.4) is 0 Å². The number of fused-ring (bicyclic) bond motifs is 1. The molecule has 1 aliphatic rings. The average Bonchev–Trinajstić information content (AvgIpc) is 3.30. The van der Waals surface area contributed by atoms with E-state index < -0.39 is 0 Å². The van der Waals surface area contributed by atoms with Crippen LogP contribution in [-0.4, -0.2) is 27.8 Å². The molecule has 35 heavy (non-hydrogen) atoms. The van der Waals surface area contributed by atoms with Crippen molar-refractivity contribution < 1.29 is 13.9 Å². The first-order valence-electron chi connectivity index (χ1n) is 11.3. The second-order valence-electron chi connectivity index (χ2n) is 8.18. The molecule has 5 rings (SSSR count). The summed E-state index contributed by atoms with van der Waals surface area (Å²) in [4.78, 5) is 17.1. The van der Waals surface area contributed by atoms with E-state index in [-0.39, 0.29) is 29.8 Å². The predicted molar refractivity (Wildman–Crippen MR) is 133 cm³/mol. The summed E-state index contributed by atoms with van der Waals surface area (Å²) in [5.41, 5.74) is 2.80. The molecule has 0 radical (unpaired) electrons. The van der Waals surface area contributed by atoms with Crippen LogP contribution in [0.25, 0.3) is 6.08 Å². The summed E-state index contributed by atoms with van der Waals surface area (Å²) >= 11 is 0. The number of ether oxygens (including phenoxy) is 1. The lowest BCUT2D eigenvalue weighted by molar-refractivity contribution is -0.111. The Morgan fingerprint density at radius 1 is 1.06 bits per heavy atom. The summed E-state index contributed by atoms with van der Waals surface area (Å²) in [5.74, 6) is 0.726. The Hall–Kier alpha value is -4.46. The highest BCUT2D eigenvalue weighted by atomic mass is 19.1. The molecule has 1 amide bonds. The minimum absolute atomic E-state index is 0.0167. The highest BCUT2D eigenvalue weighted by molar-refractivity contribution is 6.01. The Balaban J connectivity index is 1.41. The number of benzene rings is 3. The number of hydrogen-bond donors (Lipinski definition) is 2. The zero-order chi connectivity index (χ0) is 24.2. The van der Waals surface area contributed by atoms with Crippen molar-refractivity contribution in [2.75, 3.05) is 17.7 Å². The SMILES string of the molecule is COc1ccccc1/C=C/C(=O)Nc1nc2n(n1)[C@H](c1ccc(F)cc1)C[C@H](c1ccccc1)N2. The standard InChI is InChI=1S/C27H24FN5O2/c1-35-24-10-6-5-9-20(24)13-16-25(34)30-26-31-27-29-22(18-7-3-2-4-8-18)17-23(33(27)32-26)19-11-14-21(28)15-12-19/h2-16,22-23H,17H2,1H3,(H2,29,30,31,32,34)/b16-13+/t22-,23+/m1/s1. The minimum atomic E-state index is -0.364. The summed E-state index contributed by atoms with van der Waals surface area (Å²) in [6.07, 6.45) is 3.78. The van der Waals surface area contributed by atoms with Gasteiger partial charge in [-0.15, -0.1) is 5.10 Å². The van der Waals surface area contributed by atoms with Crippen LogP contribution >= 0.6 is 0 Å². The van der Waals surface area contributed by atoms with E-state index in [4.69, 9.17) is 4.74 Å². The van der Waals surface area contributed by atoms with Crippen molar-refractivity contribution in [2.24, 2.45) is 0 Å². The Morgan fingerprint density at radius 2 is 1.80 bits per heavy atom. The molecule has 8 heteroatoms. The number of amides is 1. The molecule has 176 valence electrons. The van der Waals surface area contributed by atoms with Crippen molar-refractivity contribution in [1.82, 2.24) is 14.8 Å². The predicted octanol–water partition coefficient (Wildman–Crippen LogP) is 5.22. The molecule has 4 aromatic rings. The normalized spacial score (nSPS) is 17.0. The zero-order valence-electron chi connectivity index (χ0n) is 19.1. The summed E-state index contributed by atoms with van der Waals surface area (Å²) in [6, 6.07) is 23.7. The zero-order valence-corrected chi connectivity index (χ0v) is 19.1. The molecule has 2 heterocycles. The summed E-state index contributed by atoms with van der Waals surface area (Å²) in [7, 11) is 1.58. The van der Waals surface area contributed by atoms with Crippen LogP contribution in [-0.2, 0) is 4.79 Å². The van der Waals surface area contributed by atoms with Gasteiger partial charge in [0.15, 0.2) is 0 Å². The van der Waals surface area contributed by atoms with Crippen molar-refractivity contribution in [3.05, 3.63) is 107 Å². The first kappa shape index (κ1) is 22.3.